The molecule has 1 aromatic carbocycles. The van der Waals surface area contributed by atoms with Crippen molar-refractivity contribution in [1.29, 1.82) is 0 Å². The average Bonchev–Trinajstić information content (AvgIpc) is 2.49. The van der Waals surface area contributed by atoms with Gasteiger partial charge in [0, 0.05) is 25.8 Å². The van der Waals surface area contributed by atoms with Crippen LogP contribution in [0.5, 0.6) is 0 Å². The zero-order valence-corrected chi connectivity index (χ0v) is 12.7. The summed E-state index contributed by atoms with van der Waals surface area (Å²) in [4.78, 5) is 5.20. The molecule has 1 rings (SSSR count). The SMILES string of the molecule is COCCCCC(Cl)C(=NOCCN)c1ccccc1. The van der Waals surface area contributed by atoms with Gasteiger partial charge in [-0.15, -0.1) is 11.6 Å². The number of hydrogen-bond donors (Lipinski definition) is 1. The van der Waals surface area contributed by atoms with Crippen molar-refractivity contribution < 1.29 is 9.57 Å². The highest BCUT2D eigenvalue weighted by atomic mass is 35.5. The smallest absolute Gasteiger partial charge is 0.129 e. The molecule has 1 unspecified atom stereocenters. The topological polar surface area (TPSA) is 56.8 Å². The molecule has 0 radical (unpaired) electrons. The summed E-state index contributed by atoms with van der Waals surface area (Å²) in [6, 6.07) is 9.85. The monoisotopic (exact) mass is 298 g/mol. The Morgan fingerprint density at radius 3 is 2.65 bits per heavy atom. The lowest BCUT2D eigenvalue weighted by molar-refractivity contribution is 0.152. The molecule has 0 bridgehead atoms. The van der Waals surface area contributed by atoms with Crippen LogP contribution in [-0.2, 0) is 9.57 Å². The zero-order chi connectivity index (χ0) is 14.6. The number of oxime groups is 1. The van der Waals surface area contributed by atoms with E-state index in [-0.39, 0.29) is 5.38 Å². The first-order chi connectivity index (χ1) is 9.79. The first kappa shape index (κ1) is 17.0. The highest BCUT2D eigenvalue weighted by molar-refractivity contribution is 6.35. The molecule has 0 amide bonds. The van der Waals surface area contributed by atoms with Gasteiger partial charge in [0.25, 0.3) is 0 Å². The summed E-state index contributed by atoms with van der Waals surface area (Å²) in [5, 5.41) is 3.98. The molecule has 112 valence electrons. The Hall–Kier alpha value is -1.10. The number of unbranched alkanes of at least 4 members (excludes halogenated alkanes) is 1. The van der Waals surface area contributed by atoms with Gasteiger partial charge in [0.15, 0.2) is 0 Å². The third-order valence-corrected chi connectivity index (χ3v) is 3.22. The predicted octanol–water partition coefficient (Wildman–Crippen LogP) is 2.79. The fourth-order valence-electron chi connectivity index (χ4n) is 1.77. The summed E-state index contributed by atoms with van der Waals surface area (Å²) < 4.78 is 5.04. The van der Waals surface area contributed by atoms with E-state index in [0.29, 0.717) is 13.2 Å². The van der Waals surface area contributed by atoms with Crippen molar-refractivity contribution in [2.75, 3.05) is 26.9 Å². The maximum Gasteiger partial charge on any atom is 0.129 e. The fourth-order valence-corrected chi connectivity index (χ4v) is 2.09. The molecule has 1 atom stereocenters. The molecule has 4 nitrogen and oxygen atoms in total. The van der Waals surface area contributed by atoms with Gasteiger partial charge >= 0.3 is 0 Å². The highest BCUT2D eigenvalue weighted by Crippen LogP contribution is 2.16. The molecule has 0 saturated heterocycles. The molecule has 0 spiro atoms. The molecular weight excluding hydrogens is 276 g/mol. The quantitative estimate of drug-likeness (QED) is 0.313. The van der Waals surface area contributed by atoms with Crippen LogP contribution in [0.25, 0.3) is 0 Å². The van der Waals surface area contributed by atoms with Crippen LogP contribution in [0.4, 0.5) is 0 Å². The van der Waals surface area contributed by atoms with Crippen molar-refractivity contribution in [1.82, 2.24) is 0 Å². The van der Waals surface area contributed by atoms with E-state index in [9.17, 15) is 0 Å². The van der Waals surface area contributed by atoms with Crippen LogP contribution in [0.1, 0.15) is 24.8 Å². The van der Waals surface area contributed by atoms with E-state index in [1.165, 1.54) is 0 Å². The molecule has 0 aromatic heterocycles. The van der Waals surface area contributed by atoms with Gasteiger partial charge in [-0.2, -0.15) is 0 Å². The molecule has 0 fully saturated rings. The van der Waals surface area contributed by atoms with Gasteiger partial charge in [-0.05, 0) is 19.3 Å². The van der Waals surface area contributed by atoms with Crippen LogP contribution in [-0.4, -0.2) is 38.0 Å². The third kappa shape index (κ3) is 6.37. The van der Waals surface area contributed by atoms with Crippen LogP contribution in [0.3, 0.4) is 0 Å². The standard InChI is InChI=1S/C15H23ClN2O2/c1-19-11-6-5-9-14(16)15(18-20-12-10-17)13-7-3-2-4-8-13/h2-4,7-8,14H,5-6,9-12,17H2,1H3. The minimum absolute atomic E-state index is 0.174. The molecule has 2 N–H and O–H groups in total. The summed E-state index contributed by atoms with van der Waals surface area (Å²) in [5.74, 6) is 0. The van der Waals surface area contributed by atoms with Crippen LogP contribution in [0, 0.1) is 0 Å². The number of nitrogens with two attached hydrogens (primary N) is 1. The Labute approximate surface area is 125 Å². The molecule has 0 aliphatic heterocycles. The van der Waals surface area contributed by atoms with Gasteiger partial charge < -0.3 is 15.3 Å². The Morgan fingerprint density at radius 1 is 1.25 bits per heavy atom. The van der Waals surface area contributed by atoms with Crippen LogP contribution < -0.4 is 5.73 Å². The predicted molar refractivity (Wildman–Crippen MR) is 83.4 cm³/mol. The summed E-state index contributed by atoms with van der Waals surface area (Å²) in [5.41, 5.74) is 7.15. The second-order valence-corrected chi connectivity index (χ2v) is 4.95. The molecule has 0 aliphatic carbocycles. The Balaban J connectivity index is 2.64. The number of halogens is 1. The molecule has 0 heterocycles. The number of benzene rings is 1. The Bertz CT molecular complexity index is 385. The van der Waals surface area contributed by atoms with E-state index in [4.69, 9.17) is 26.9 Å². The lowest BCUT2D eigenvalue weighted by atomic mass is 10.0. The second-order valence-electron chi connectivity index (χ2n) is 4.42. The van der Waals surface area contributed by atoms with Gasteiger partial charge in [0.2, 0.25) is 0 Å². The van der Waals surface area contributed by atoms with Crippen molar-refractivity contribution in [3.05, 3.63) is 35.9 Å². The van der Waals surface area contributed by atoms with Crippen LogP contribution in [0.2, 0.25) is 0 Å². The lowest BCUT2D eigenvalue weighted by Crippen LogP contribution is -2.18. The highest BCUT2D eigenvalue weighted by Gasteiger charge is 2.15. The normalized spacial score (nSPS) is 13.2. The van der Waals surface area contributed by atoms with Gasteiger partial charge in [-0.3, -0.25) is 0 Å². The largest absolute Gasteiger partial charge is 0.394 e. The zero-order valence-electron chi connectivity index (χ0n) is 11.9. The van der Waals surface area contributed by atoms with E-state index in [2.05, 4.69) is 5.16 Å². The molecule has 0 saturated carbocycles. The molecule has 5 heteroatoms. The summed E-state index contributed by atoms with van der Waals surface area (Å²) in [7, 11) is 1.70. The van der Waals surface area contributed by atoms with E-state index in [1.807, 2.05) is 30.3 Å². The van der Waals surface area contributed by atoms with Crippen molar-refractivity contribution in [3.8, 4) is 0 Å². The summed E-state index contributed by atoms with van der Waals surface area (Å²) in [6.07, 6.45) is 2.82. The Morgan fingerprint density at radius 2 is 2.00 bits per heavy atom. The Kier molecular flexibility index (Phi) is 9.04. The number of ether oxygens (including phenoxy) is 1. The maximum absolute atomic E-state index is 6.46. The van der Waals surface area contributed by atoms with Gasteiger partial charge in [0.05, 0.1) is 5.38 Å². The second kappa shape index (κ2) is 10.7. The van der Waals surface area contributed by atoms with Gasteiger partial charge in [-0.1, -0.05) is 35.5 Å². The maximum atomic E-state index is 6.46. The number of alkyl halides is 1. The third-order valence-electron chi connectivity index (χ3n) is 2.79. The number of methoxy groups -OCH3 is 1. The number of rotatable bonds is 10. The minimum Gasteiger partial charge on any atom is -0.394 e. The van der Waals surface area contributed by atoms with Gasteiger partial charge in [-0.25, -0.2) is 0 Å². The van der Waals surface area contributed by atoms with E-state index in [0.717, 1.165) is 37.1 Å². The van der Waals surface area contributed by atoms with Crippen molar-refractivity contribution in [2.45, 2.75) is 24.6 Å². The lowest BCUT2D eigenvalue weighted by Gasteiger charge is -2.13. The first-order valence-corrected chi connectivity index (χ1v) is 7.31. The average molecular weight is 299 g/mol. The molecule has 1 aromatic rings. The van der Waals surface area contributed by atoms with Crippen LogP contribution >= 0.6 is 11.6 Å². The number of nitrogens with zero attached hydrogens (tertiary/aromatic N) is 1. The molecule has 0 aliphatic rings. The molecular formula is C15H23ClN2O2. The fraction of sp³-hybridized carbons (Fsp3) is 0.533. The van der Waals surface area contributed by atoms with Crippen LogP contribution in [0.15, 0.2) is 35.5 Å². The first-order valence-electron chi connectivity index (χ1n) is 6.88. The van der Waals surface area contributed by atoms with Crippen molar-refractivity contribution in [3.63, 3.8) is 0 Å². The van der Waals surface area contributed by atoms with E-state index >= 15 is 0 Å². The summed E-state index contributed by atoms with van der Waals surface area (Å²) >= 11 is 6.46. The molecule has 20 heavy (non-hydrogen) atoms. The van der Waals surface area contributed by atoms with Crippen molar-refractivity contribution >= 4 is 17.3 Å². The van der Waals surface area contributed by atoms with E-state index < -0.39 is 0 Å². The van der Waals surface area contributed by atoms with Gasteiger partial charge in [0.1, 0.15) is 12.3 Å². The summed E-state index contributed by atoms with van der Waals surface area (Å²) in [6.45, 7) is 1.58. The van der Waals surface area contributed by atoms with E-state index in [1.54, 1.807) is 7.11 Å². The number of hydrogen-bond acceptors (Lipinski definition) is 4. The minimum atomic E-state index is -0.174. The van der Waals surface area contributed by atoms with Crippen molar-refractivity contribution in [2.24, 2.45) is 10.9 Å².